The standard InChI is InChI=1S/C11H9BrO/c12-11-8-4-7-10(13-11)9-5-2-1-3-6-9/h1-8,10H. The van der Waals surface area contributed by atoms with Gasteiger partial charge >= 0.3 is 0 Å². The van der Waals surface area contributed by atoms with Gasteiger partial charge in [0.25, 0.3) is 0 Å². The van der Waals surface area contributed by atoms with Crippen molar-refractivity contribution in [2.45, 2.75) is 6.10 Å². The molecule has 1 aliphatic heterocycles. The number of allylic oxidation sites excluding steroid dienone is 2. The van der Waals surface area contributed by atoms with Crippen LogP contribution in [0.5, 0.6) is 0 Å². The van der Waals surface area contributed by atoms with Crippen LogP contribution >= 0.6 is 15.9 Å². The molecule has 2 rings (SSSR count). The Balaban J connectivity index is 2.21. The second kappa shape index (κ2) is 3.79. The Bertz CT molecular complexity index is 340. The topological polar surface area (TPSA) is 9.23 Å². The molecule has 1 aliphatic rings. The highest BCUT2D eigenvalue weighted by Crippen LogP contribution is 2.27. The number of hydrogen-bond acceptors (Lipinski definition) is 1. The van der Waals surface area contributed by atoms with Gasteiger partial charge in [-0.3, -0.25) is 0 Å². The maximum Gasteiger partial charge on any atom is 0.163 e. The quantitative estimate of drug-likeness (QED) is 0.725. The van der Waals surface area contributed by atoms with Crippen LogP contribution in [0.25, 0.3) is 0 Å². The van der Waals surface area contributed by atoms with Crippen LogP contribution in [0.2, 0.25) is 0 Å². The van der Waals surface area contributed by atoms with Crippen molar-refractivity contribution in [3.05, 3.63) is 58.8 Å². The van der Waals surface area contributed by atoms with Crippen molar-refractivity contribution in [3.63, 3.8) is 0 Å². The lowest BCUT2D eigenvalue weighted by Crippen LogP contribution is -2.01. The molecule has 1 nitrogen and oxygen atoms in total. The molecule has 1 aromatic rings. The molecule has 0 fully saturated rings. The summed E-state index contributed by atoms with van der Waals surface area (Å²) >= 11 is 3.31. The first-order valence-electron chi connectivity index (χ1n) is 4.12. The number of benzene rings is 1. The summed E-state index contributed by atoms with van der Waals surface area (Å²) in [5.41, 5.74) is 1.17. The average Bonchev–Trinajstić information content (AvgIpc) is 2.19. The predicted octanol–water partition coefficient (Wildman–Crippen LogP) is 3.55. The minimum Gasteiger partial charge on any atom is -0.475 e. The van der Waals surface area contributed by atoms with Crippen LogP contribution in [0.3, 0.4) is 0 Å². The lowest BCUT2D eigenvalue weighted by molar-refractivity contribution is 0.178. The van der Waals surface area contributed by atoms with E-state index in [1.54, 1.807) is 0 Å². The molecular formula is C11H9BrO. The van der Waals surface area contributed by atoms with Gasteiger partial charge in [0.15, 0.2) is 4.67 Å². The van der Waals surface area contributed by atoms with Gasteiger partial charge in [0.2, 0.25) is 0 Å². The normalized spacial score (nSPS) is 20.7. The lowest BCUT2D eigenvalue weighted by atomic mass is 10.1. The van der Waals surface area contributed by atoms with E-state index in [9.17, 15) is 0 Å². The monoisotopic (exact) mass is 236 g/mol. The summed E-state index contributed by atoms with van der Waals surface area (Å²) in [6.45, 7) is 0. The van der Waals surface area contributed by atoms with Crippen molar-refractivity contribution >= 4 is 15.9 Å². The molecule has 0 saturated heterocycles. The van der Waals surface area contributed by atoms with Gasteiger partial charge in [-0.2, -0.15) is 0 Å². The fourth-order valence-corrected chi connectivity index (χ4v) is 1.61. The Morgan fingerprint density at radius 1 is 1.15 bits per heavy atom. The molecule has 0 aromatic heterocycles. The molecule has 0 radical (unpaired) electrons. The summed E-state index contributed by atoms with van der Waals surface area (Å²) in [4.78, 5) is 0. The van der Waals surface area contributed by atoms with Crippen molar-refractivity contribution < 1.29 is 4.74 Å². The summed E-state index contributed by atoms with van der Waals surface area (Å²) in [6.07, 6.45) is 5.95. The molecule has 0 amide bonds. The zero-order chi connectivity index (χ0) is 9.10. The molecule has 1 unspecified atom stereocenters. The van der Waals surface area contributed by atoms with Crippen LogP contribution in [-0.4, -0.2) is 0 Å². The molecule has 0 aliphatic carbocycles. The van der Waals surface area contributed by atoms with Gasteiger partial charge in [-0.15, -0.1) is 0 Å². The van der Waals surface area contributed by atoms with Crippen molar-refractivity contribution in [2.24, 2.45) is 0 Å². The molecule has 0 bridgehead atoms. The molecule has 1 heterocycles. The first kappa shape index (κ1) is 8.57. The van der Waals surface area contributed by atoms with Gasteiger partial charge in [-0.05, 0) is 33.6 Å². The van der Waals surface area contributed by atoms with Gasteiger partial charge < -0.3 is 4.74 Å². The van der Waals surface area contributed by atoms with Crippen LogP contribution in [0.4, 0.5) is 0 Å². The van der Waals surface area contributed by atoms with E-state index < -0.39 is 0 Å². The first-order valence-corrected chi connectivity index (χ1v) is 4.91. The van der Waals surface area contributed by atoms with Crippen molar-refractivity contribution in [1.29, 1.82) is 0 Å². The molecule has 2 heteroatoms. The van der Waals surface area contributed by atoms with E-state index >= 15 is 0 Å². The molecule has 66 valence electrons. The zero-order valence-corrected chi connectivity index (χ0v) is 8.57. The third-order valence-electron chi connectivity index (χ3n) is 1.88. The summed E-state index contributed by atoms with van der Waals surface area (Å²) in [5, 5.41) is 0. The molecule has 13 heavy (non-hydrogen) atoms. The van der Waals surface area contributed by atoms with Crippen LogP contribution < -0.4 is 0 Å². The maximum atomic E-state index is 5.56. The van der Waals surface area contributed by atoms with Crippen LogP contribution in [0.1, 0.15) is 11.7 Å². The van der Waals surface area contributed by atoms with Crippen LogP contribution in [0, 0.1) is 0 Å². The first-order chi connectivity index (χ1) is 6.36. The Morgan fingerprint density at radius 2 is 1.92 bits per heavy atom. The van der Waals surface area contributed by atoms with Gasteiger partial charge in [0.05, 0.1) is 0 Å². The fraction of sp³-hybridized carbons (Fsp3) is 0.0909. The Hall–Kier alpha value is -1.02. The summed E-state index contributed by atoms with van der Waals surface area (Å²) in [6, 6.07) is 10.1. The number of halogens is 1. The van der Waals surface area contributed by atoms with E-state index in [0.717, 1.165) is 4.67 Å². The molecule has 0 N–H and O–H groups in total. The second-order valence-corrected chi connectivity index (χ2v) is 3.59. The molecule has 1 atom stereocenters. The highest BCUT2D eigenvalue weighted by molar-refractivity contribution is 9.11. The van der Waals surface area contributed by atoms with Crippen molar-refractivity contribution in [1.82, 2.24) is 0 Å². The SMILES string of the molecule is BrC1=CC=CC(c2ccccc2)O1. The largest absolute Gasteiger partial charge is 0.475 e. The van der Waals surface area contributed by atoms with E-state index in [2.05, 4.69) is 28.1 Å². The zero-order valence-electron chi connectivity index (χ0n) is 6.98. The highest BCUT2D eigenvalue weighted by Gasteiger charge is 2.11. The van der Waals surface area contributed by atoms with E-state index in [1.807, 2.05) is 36.4 Å². The second-order valence-electron chi connectivity index (χ2n) is 2.80. The van der Waals surface area contributed by atoms with E-state index in [0.29, 0.717) is 0 Å². The van der Waals surface area contributed by atoms with E-state index in [-0.39, 0.29) is 6.10 Å². The Labute approximate surface area is 85.9 Å². The number of ether oxygens (including phenoxy) is 1. The molecule has 0 spiro atoms. The predicted molar refractivity (Wildman–Crippen MR) is 56.4 cm³/mol. The van der Waals surface area contributed by atoms with Crippen LogP contribution in [0.15, 0.2) is 53.2 Å². The van der Waals surface area contributed by atoms with Crippen molar-refractivity contribution in [3.8, 4) is 0 Å². The third kappa shape index (κ3) is 2.01. The van der Waals surface area contributed by atoms with Gasteiger partial charge in [-0.25, -0.2) is 0 Å². The van der Waals surface area contributed by atoms with Crippen LogP contribution in [-0.2, 0) is 4.74 Å². The van der Waals surface area contributed by atoms with E-state index in [1.165, 1.54) is 5.56 Å². The minimum absolute atomic E-state index is 0.0422. The smallest absolute Gasteiger partial charge is 0.163 e. The van der Waals surface area contributed by atoms with Crippen molar-refractivity contribution in [2.75, 3.05) is 0 Å². The highest BCUT2D eigenvalue weighted by atomic mass is 79.9. The maximum absolute atomic E-state index is 5.56. The average molecular weight is 237 g/mol. The number of rotatable bonds is 1. The Morgan fingerprint density at radius 3 is 2.62 bits per heavy atom. The van der Waals surface area contributed by atoms with Gasteiger partial charge in [0, 0.05) is 0 Å². The summed E-state index contributed by atoms with van der Waals surface area (Å²) < 4.78 is 6.34. The third-order valence-corrected chi connectivity index (χ3v) is 2.33. The van der Waals surface area contributed by atoms with E-state index in [4.69, 9.17) is 4.74 Å². The van der Waals surface area contributed by atoms with Gasteiger partial charge in [0.1, 0.15) is 6.10 Å². The molecule has 1 aromatic carbocycles. The van der Waals surface area contributed by atoms with Gasteiger partial charge in [-0.1, -0.05) is 36.4 Å². The summed E-state index contributed by atoms with van der Waals surface area (Å²) in [7, 11) is 0. The molecular weight excluding hydrogens is 228 g/mol. The minimum atomic E-state index is 0.0422. The molecule has 0 saturated carbocycles. The lowest BCUT2D eigenvalue weighted by Gasteiger charge is -2.17. The fourth-order valence-electron chi connectivity index (χ4n) is 1.25. The summed E-state index contributed by atoms with van der Waals surface area (Å²) in [5.74, 6) is 0. The number of hydrogen-bond donors (Lipinski definition) is 0. The Kier molecular flexibility index (Phi) is 2.50.